The number of amides is 1. The predicted octanol–water partition coefficient (Wildman–Crippen LogP) is 3.15. The average Bonchev–Trinajstić information content (AvgIpc) is 2.95. The molecule has 3 rings (SSSR count). The van der Waals surface area contributed by atoms with E-state index in [2.05, 4.69) is 10.2 Å². The number of hydrogen-bond acceptors (Lipinski definition) is 4. The van der Waals surface area contributed by atoms with Gasteiger partial charge in [0.25, 0.3) is 5.91 Å². The highest BCUT2D eigenvalue weighted by molar-refractivity contribution is 7.12. The van der Waals surface area contributed by atoms with Gasteiger partial charge in [0.1, 0.15) is 0 Å². The number of hydrogen-bond donors (Lipinski definition) is 1. The summed E-state index contributed by atoms with van der Waals surface area (Å²) in [5.41, 5.74) is 3.01. The first-order chi connectivity index (χ1) is 10.2. The van der Waals surface area contributed by atoms with E-state index in [-0.39, 0.29) is 5.91 Å². The summed E-state index contributed by atoms with van der Waals surface area (Å²) in [5, 5.41) is 4.88. The van der Waals surface area contributed by atoms with E-state index >= 15 is 0 Å². The van der Waals surface area contributed by atoms with Crippen LogP contribution in [0.2, 0.25) is 0 Å². The van der Waals surface area contributed by atoms with Gasteiger partial charge in [0.2, 0.25) is 0 Å². The van der Waals surface area contributed by atoms with E-state index in [9.17, 15) is 4.79 Å². The molecule has 1 aromatic carbocycles. The third-order valence-corrected chi connectivity index (χ3v) is 4.58. The predicted molar refractivity (Wildman–Crippen MR) is 86.5 cm³/mol. The molecule has 0 atom stereocenters. The second-order valence-electron chi connectivity index (χ2n) is 5.03. The van der Waals surface area contributed by atoms with E-state index in [1.165, 1.54) is 17.0 Å². The molecule has 1 aliphatic rings. The van der Waals surface area contributed by atoms with Gasteiger partial charge in [-0.25, -0.2) is 0 Å². The number of benzene rings is 1. The van der Waals surface area contributed by atoms with Crippen molar-refractivity contribution in [2.75, 3.05) is 36.5 Å². The average molecular weight is 302 g/mol. The number of carbonyl (C=O) groups is 1. The molecule has 0 saturated carbocycles. The van der Waals surface area contributed by atoms with Crippen molar-refractivity contribution in [2.45, 2.75) is 6.92 Å². The molecule has 5 heteroatoms. The van der Waals surface area contributed by atoms with Crippen molar-refractivity contribution in [3.8, 4) is 0 Å². The third-order valence-electron chi connectivity index (χ3n) is 3.57. The minimum atomic E-state index is -0.0402. The number of thiophene rings is 1. The van der Waals surface area contributed by atoms with Crippen LogP contribution >= 0.6 is 11.3 Å². The molecule has 2 aromatic rings. The Balaban J connectivity index is 1.67. The monoisotopic (exact) mass is 302 g/mol. The first-order valence-electron chi connectivity index (χ1n) is 7.02. The summed E-state index contributed by atoms with van der Waals surface area (Å²) in [5.74, 6) is -0.0402. The Hall–Kier alpha value is -1.85. The number of nitrogens with zero attached hydrogens (tertiary/aromatic N) is 1. The molecule has 0 radical (unpaired) electrons. The summed E-state index contributed by atoms with van der Waals surface area (Å²) in [7, 11) is 0. The Bertz CT molecular complexity index is 615. The summed E-state index contributed by atoms with van der Waals surface area (Å²) in [6.07, 6.45) is 0. The molecule has 1 saturated heterocycles. The van der Waals surface area contributed by atoms with Crippen LogP contribution in [0, 0.1) is 6.92 Å². The molecule has 4 nitrogen and oxygen atoms in total. The molecule has 0 unspecified atom stereocenters. The van der Waals surface area contributed by atoms with Crippen LogP contribution in [-0.4, -0.2) is 32.2 Å². The fraction of sp³-hybridized carbons (Fsp3) is 0.312. The fourth-order valence-electron chi connectivity index (χ4n) is 2.37. The SMILES string of the molecule is Cc1ccsc1C(=O)Nc1ccc(N2CCOCC2)cc1. The second kappa shape index (κ2) is 6.28. The standard InChI is InChI=1S/C16H18N2O2S/c1-12-6-11-21-15(12)16(19)17-13-2-4-14(5-3-13)18-7-9-20-10-8-18/h2-6,11H,7-10H2,1H3,(H,17,19). The van der Waals surface area contributed by atoms with E-state index in [4.69, 9.17) is 4.74 Å². The van der Waals surface area contributed by atoms with E-state index in [1.807, 2.05) is 42.6 Å². The lowest BCUT2D eigenvalue weighted by Crippen LogP contribution is -2.36. The zero-order chi connectivity index (χ0) is 14.7. The van der Waals surface area contributed by atoms with Crippen LogP contribution in [0.4, 0.5) is 11.4 Å². The molecule has 0 aliphatic carbocycles. The Morgan fingerprint density at radius 2 is 1.90 bits per heavy atom. The highest BCUT2D eigenvalue weighted by atomic mass is 32.1. The normalized spacial score (nSPS) is 15.0. The Morgan fingerprint density at radius 1 is 1.19 bits per heavy atom. The first-order valence-corrected chi connectivity index (χ1v) is 7.90. The molecule has 2 heterocycles. The van der Waals surface area contributed by atoms with Crippen LogP contribution in [0.3, 0.4) is 0 Å². The lowest BCUT2D eigenvalue weighted by Gasteiger charge is -2.28. The van der Waals surface area contributed by atoms with Gasteiger partial charge in [0.05, 0.1) is 18.1 Å². The van der Waals surface area contributed by atoms with E-state index in [0.717, 1.165) is 42.4 Å². The Morgan fingerprint density at radius 3 is 2.52 bits per heavy atom. The van der Waals surface area contributed by atoms with Crippen molar-refractivity contribution in [3.05, 3.63) is 46.2 Å². The van der Waals surface area contributed by atoms with Gasteiger partial charge < -0.3 is 15.0 Å². The van der Waals surface area contributed by atoms with Gasteiger partial charge in [-0.3, -0.25) is 4.79 Å². The zero-order valence-corrected chi connectivity index (χ0v) is 12.8. The number of rotatable bonds is 3. The van der Waals surface area contributed by atoms with Crippen LogP contribution in [0.15, 0.2) is 35.7 Å². The summed E-state index contributed by atoms with van der Waals surface area (Å²) < 4.78 is 5.35. The number of ether oxygens (including phenoxy) is 1. The zero-order valence-electron chi connectivity index (χ0n) is 12.0. The van der Waals surface area contributed by atoms with Crippen molar-refractivity contribution in [1.29, 1.82) is 0 Å². The molecule has 21 heavy (non-hydrogen) atoms. The van der Waals surface area contributed by atoms with Gasteiger partial charge in [-0.2, -0.15) is 0 Å². The lowest BCUT2D eigenvalue weighted by atomic mass is 10.2. The van der Waals surface area contributed by atoms with E-state index in [1.54, 1.807) is 0 Å². The van der Waals surface area contributed by atoms with Crippen molar-refractivity contribution in [2.24, 2.45) is 0 Å². The van der Waals surface area contributed by atoms with Gasteiger partial charge in [0.15, 0.2) is 0 Å². The Labute approximate surface area is 128 Å². The maximum absolute atomic E-state index is 12.2. The number of aryl methyl sites for hydroxylation is 1. The topological polar surface area (TPSA) is 41.6 Å². The van der Waals surface area contributed by atoms with Gasteiger partial charge in [-0.15, -0.1) is 11.3 Å². The molecule has 1 N–H and O–H groups in total. The van der Waals surface area contributed by atoms with Crippen molar-refractivity contribution >= 4 is 28.6 Å². The molecular formula is C16H18N2O2S. The molecule has 0 spiro atoms. The quantitative estimate of drug-likeness (QED) is 0.947. The van der Waals surface area contributed by atoms with Gasteiger partial charge in [-0.1, -0.05) is 0 Å². The summed E-state index contributed by atoms with van der Waals surface area (Å²) in [6, 6.07) is 9.95. The molecule has 0 bridgehead atoms. The van der Waals surface area contributed by atoms with Crippen LogP contribution in [0.25, 0.3) is 0 Å². The van der Waals surface area contributed by atoms with Crippen LogP contribution < -0.4 is 10.2 Å². The second-order valence-corrected chi connectivity index (χ2v) is 5.95. The molecule has 1 amide bonds. The molecule has 1 aromatic heterocycles. The third kappa shape index (κ3) is 3.25. The summed E-state index contributed by atoms with van der Waals surface area (Å²) in [4.78, 5) is 15.2. The maximum Gasteiger partial charge on any atom is 0.265 e. The minimum Gasteiger partial charge on any atom is -0.378 e. The molecule has 1 fully saturated rings. The minimum absolute atomic E-state index is 0.0402. The van der Waals surface area contributed by atoms with Crippen LogP contribution in [0.5, 0.6) is 0 Å². The maximum atomic E-state index is 12.2. The van der Waals surface area contributed by atoms with Gasteiger partial charge >= 0.3 is 0 Å². The fourth-order valence-corrected chi connectivity index (χ4v) is 3.19. The number of anilines is 2. The van der Waals surface area contributed by atoms with Gasteiger partial charge in [0, 0.05) is 24.5 Å². The first kappa shape index (κ1) is 14.1. The molecule has 1 aliphatic heterocycles. The van der Waals surface area contributed by atoms with E-state index < -0.39 is 0 Å². The van der Waals surface area contributed by atoms with Crippen LogP contribution in [0.1, 0.15) is 15.2 Å². The van der Waals surface area contributed by atoms with Crippen LogP contribution in [-0.2, 0) is 4.74 Å². The largest absolute Gasteiger partial charge is 0.378 e. The molecular weight excluding hydrogens is 284 g/mol. The highest BCUT2D eigenvalue weighted by Crippen LogP contribution is 2.21. The smallest absolute Gasteiger partial charge is 0.265 e. The highest BCUT2D eigenvalue weighted by Gasteiger charge is 2.12. The number of carbonyl (C=O) groups excluding carboxylic acids is 1. The molecule has 110 valence electrons. The Kier molecular flexibility index (Phi) is 4.22. The van der Waals surface area contributed by atoms with Crippen molar-refractivity contribution in [1.82, 2.24) is 0 Å². The summed E-state index contributed by atoms with van der Waals surface area (Å²) >= 11 is 1.47. The van der Waals surface area contributed by atoms with Crippen molar-refractivity contribution < 1.29 is 9.53 Å². The van der Waals surface area contributed by atoms with E-state index in [0.29, 0.717) is 0 Å². The number of nitrogens with one attached hydrogen (secondary N) is 1. The lowest BCUT2D eigenvalue weighted by molar-refractivity contribution is 0.103. The summed E-state index contributed by atoms with van der Waals surface area (Å²) in [6.45, 7) is 5.33. The number of morpholine rings is 1. The van der Waals surface area contributed by atoms with Crippen molar-refractivity contribution in [3.63, 3.8) is 0 Å². The van der Waals surface area contributed by atoms with Gasteiger partial charge in [-0.05, 0) is 48.2 Å².